The molecule has 1 aromatic carbocycles. The van der Waals surface area contributed by atoms with Gasteiger partial charge in [0.25, 0.3) is 0 Å². The Labute approximate surface area is 115 Å². The fourth-order valence-corrected chi connectivity index (χ4v) is 2.89. The van der Waals surface area contributed by atoms with E-state index in [-0.39, 0.29) is 0 Å². The molecule has 0 aliphatic carbocycles. The SMILES string of the molecule is CCc1nc2cc(N)ccc2n1Cc1csc(C)n1. The van der Waals surface area contributed by atoms with Gasteiger partial charge in [-0.2, -0.15) is 0 Å². The molecular weight excluding hydrogens is 256 g/mol. The Morgan fingerprint density at radius 1 is 1.32 bits per heavy atom. The van der Waals surface area contributed by atoms with Crippen molar-refractivity contribution in [3.63, 3.8) is 0 Å². The van der Waals surface area contributed by atoms with Crippen molar-refractivity contribution in [1.29, 1.82) is 0 Å². The number of hydrogen-bond acceptors (Lipinski definition) is 4. The van der Waals surface area contributed by atoms with E-state index in [2.05, 4.69) is 26.8 Å². The summed E-state index contributed by atoms with van der Waals surface area (Å²) in [4.78, 5) is 9.18. The molecule has 2 heterocycles. The van der Waals surface area contributed by atoms with E-state index in [0.29, 0.717) is 0 Å². The van der Waals surface area contributed by atoms with Gasteiger partial charge in [-0.3, -0.25) is 0 Å². The van der Waals surface area contributed by atoms with E-state index in [9.17, 15) is 0 Å². The van der Waals surface area contributed by atoms with Crippen LogP contribution in [0.5, 0.6) is 0 Å². The van der Waals surface area contributed by atoms with E-state index in [0.717, 1.165) is 46.2 Å². The normalized spacial score (nSPS) is 11.3. The van der Waals surface area contributed by atoms with Crippen molar-refractivity contribution in [2.45, 2.75) is 26.8 Å². The first kappa shape index (κ1) is 12.2. The zero-order valence-corrected chi connectivity index (χ0v) is 11.9. The molecule has 0 amide bonds. The molecule has 0 spiro atoms. The first-order valence-electron chi connectivity index (χ1n) is 6.33. The van der Waals surface area contributed by atoms with Crippen LogP contribution in [0.2, 0.25) is 0 Å². The molecule has 0 saturated heterocycles. The van der Waals surface area contributed by atoms with Crippen molar-refractivity contribution in [2.24, 2.45) is 0 Å². The average Bonchev–Trinajstić information content (AvgIpc) is 2.94. The quantitative estimate of drug-likeness (QED) is 0.746. The van der Waals surface area contributed by atoms with Gasteiger partial charge in [-0.15, -0.1) is 11.3 Å². The number of nitrogens with zero attached hydrogens (tertiary/aromatic N) is 3. The van der Waals surface area contributed by atoms with Crippen molar-refractivity contribution in [3.05, 3.63) is 40.1 Å². The third-order valence-electron chi connectivity index (χ3n) is 3.15. The minimum Gasteiger partial charge on any atom is -0.399 e. The Morgan fingerprint density at radius 2 is 2.16 bits per heavy atom. The summed E-state index contributed by atoms with van der Waals surface area (Å²) in [5.41, 5.74) is 9.75. The van der Waals surface area contributed by atoms with Gasteiger partial charge in [-0.1, -0.05) is 6.92 Å². The molecule has 98 valence electrons. The maximum absolute atomic E-state index is 5.82. The van der Waals surface area contributed by atoms with Crippen LogP contribution in [0.4, 0.5) is 5.69 Å². The first-order chi connectivity index (χ1) is 9.17. The zero-order valence-electron chi connectivity index (χ0n) is 11.1. The van der Waals surface area contributed by atoms with Crippen LogP contribution in [0.1, 0.15) is 23.4 Å². The van der Waals surface area contributed by atoms with Crippen LogP contribution in [-0.2, 0) is 13.0 Å². The maximum atomic E-state index is 5.82. The van der Waals surface area contributed by atoms with Gasteiger partial charge in [0.1, 0.15) is 5.82 Å². The number of nitrogens with two attached hydrogens (primary N) is 1. The number of benzene rings is 1. The zero-order chi connectivity index (χ0) is 13.4. The fraction of sp³-hybridized carbons (Fsp3) is 0.286. The molecular formula is C14H16N4S. The number of anilines is 1. The molecule has 2 aromatic heterocycles. The third-order valence-corrected chi connectivity index (χ3v) is 3.98. The van der Waals surface area contributed by atoms with Crippen LogP contribution in [0, 0.1) is 6.92 Å². The summed E-state index contributed by atoms with van der Waals surface area (Å²) in [6.07, 6.45) is 0.901. The Bertz CT molecular complexity index is 726. The van der Waals surface area contributed by atoms with Crippen molar-refractivity contribution >= 4 is 28.1 Å². The lowest BCUT2D eigenvalue weighted by molar-refractivity contribution is 0.739. The first-order valence-corrected chi connectivity index (χ1v) is 7.21. The Kier molecular flexibility index (Phi) is 2.98. The molecule has 2 N–H and O–H groups in total. The van der Waals surface area contributed by atoms with E-state index in [1.807, 2.05) is 25.1 Å². The van der Waals surface area contributed by atoms with Crippen LogP contribution in [0.3, 0.4) is 0 Å². The second-order valence-corrected chi connectivity index (χ2v) is 5.64. The van der Waals surface area contributed by atoms with E-state index in [4.69, 9.17) is 5.73 Å². The standard InChI is InChI=1S/C14H16N4S/c1-3-14-17-12-6-10(15)4-5-13(12)18(14)7-11-8-19-9(2)16-11/h4-6,8H,3,7,15H2,1-2H3. The van der Waals surface area contributed by atoms with Gasteiger partial charge in [-0.25, -0.2) is 9.97 Å². The molecule has 0 fully saturated rings. The highest BCUT2D eigenvalue weighted by Gasteiger charge is 2.11. The van der Waals surface area contributed by atoms with Crippen LogP contribution >= 0.6 is 11.3 Å². The van der Waals surface area contributed by atoms with Gasteiger partial charge in [-0.05, 0) is 25.1 Å². The highest BCUT2D eigenvalue weighted by atomic mass is 32.1. The smallest absolute Gasteiger partial charge is 0.109 e. The Morgan fingerprint density at radius 3 is 2.84 bits per heavy atom. The number of rotatable bonds is 3. The molecule has 3 rings (SSSR count). The van der Waals surface area contributed by atoms with Crippen molar-refractivity contribution in [3.8, 4) is 0 Å². The summed E-state index contributed by atoms with van der Waals surface area (Å²) < 4.78 is 2.23. The monoisotopic (exact) mass is 272 g/mol. The Hall–Kier alpha value is -1.88. The third kappa shape index (κ3) is 2.21. The number of fused-ring (bicyclic) bond motifs is 1. The van der Waals surface area contributed by atoms with Gasteiger partial charge >= 0.3 is 0 Å². The molecule has 0 radical (unpaired) electrons. The number of hydrogen-bond donors (Lipinski definition) is 1. The van der Waals surface area contributed by atoms with Gasteiger partial charge in [0.15, 0.2) is 0 Å². The van der Waals surface area contributed by atoms with Crippen molar-refractivity contribution < 1.29 is 0 Å². The predicted octanol–water partition coefficient (Wildman–Crippen LogP) is 2.99. The van der Waals surface area contributed by atoms with E-state index in [1.54, 1.807) is 11.3 Å². The predicted molar refractivity (Wildman–Crippen MR) is 79.5 cm³/mol. The number of imidazole rings is 1. The minimum atomic E-state index is 0.754. The van der Waals surface area contributed by atoms with Crippen molar-refractivity contribution in [1.82, 2.24) is 14.5 Å². The highest BCUT2D eigenvalue weighted by Crippen LogP contribution is 2.21. The molecule has 4 nitrogen and oxygen atoms in total. The second-order valence-electron chi connectivity index (χ2n) is 4.57. The molecule has 0 aliphatic heterocycles. The van der Waals surface area contributed by atoms with Gasteiger partial charge in [0.2, 0.25) is 0 Å². The second kappa shape index (κ2) is 4.66. The highest BCUT2D eigenvalue weighted by molar-refractivity contribution is 7.09. The number of aryl methyl sites for hydroxylation is 2. The van der Waals surface area contributed by atoms with Crippen LogP contribution < -0.4 is 5.73 Å². The molecule has 0 saturated carbocycles. The van der Waals surface area contributed by atoms with E-state index < -0.39 is 0 Å². The molecule has 0 unspecified atom stereocenters. The summed E-state index contributed by atoms with van der Waals surface area (Å²) in [5, 5.41) is 3.21. The molecule has 19 heavy (non-hydrogen) atoms. The van der Waals surface area contributed by atoms with Crippen LogP contribution in [0.25, 0.3) is 11.0 Å². The lowest BCUT2D eigenvalue weighted by atomic mass is 10.3. The molecule has 0 bridgehead atoms. The largest absolute Gasteiger partial charge is 0.399 e. The summed E-state index contributed by atoms with van der Waals surface area (Å²) in [6.45, 7) is 4.92. The van der Waals surface area contributed by atoms with Gasteiger partial charge in [0.05, 0.1) is 28.3 Å². The molecule has 3 aromatic rings. The minimum absolute atomic E-state index is 0.754. The topological polar surface area (TPSA) is 56.7 Å². The van der Waals surface area contributed by atoms with Crippen LogP contribution in [0.15, 0.2) is 23.6 Å². The summed E-state index contributed by atoms with van der Waals surface area (Å²) in [7, 11) is 0. The maximum Gasteiger partial charge on any atom is 0.109 e. The summed E-state index contributed by atoms with van der Waals surface area (Å²) in [5.74, 6) is 1.08. The van der Waals surface area contributed by atoms with Gasteiger partial charge in [0, 0.05) is 17.5 Å². The fourth-order valence-electron chi connectivity index (χ4n) is 2.29. The number of nitrogen functional groups attached to an aromatic ring is 1. The average molecular weight is 272 g/mol. The lowest BCUT2D eigenvalue weighted by Crippen LogP contribution is -2.04. The van der Waals surface area contributed by atoms with Crippen molar-refractivity contribution in [2.75, 3.05) is 5.73 Å². The summed E-state index contributed by atoms with van der Waals surface area (Å²) >= 11 is 1.68. The van der Waals surface area contributed by atoms with E-state index in [1.165, 1.54) is 0 Å². The van der Waals surface area contributed by atoms with Crippen LogP contribution in [-0.4, -0.2) is 14.5 Å². The molecule has 0 aliphatic rings. The van der Waals surface area contributed by atoms with E-state index >= 15 is 0 Å². The number of aromatic nitrogens is 3. The number of thiazole rings is 1. The van der Waals surface area contributed by atoms with Gasteiger partial charge < -0.3 is 10.3 Å². The summed E-state index contributed by atoms with van der Waals surface area (Å²) in [6, 6.07) is 5.89. The lowest BCUT2D eigenvalue weighted by Gasteiger charge is -2.06. The molecule has 5 heteroatoms. The molecule has 0 atom stereocenters. The Balaban J connectivity index is 2.10.